The number of nitrogens with zero attached hydrogens (tertiary/aromatic N) is 6. The molecule has 2 N–H and O–H groups in total. The van der Waals surface area contributed by atoms with E-state index in [-0.39, 0.29) is 31.4 Å². The molecule has 38 heavy (non-hydrogen) atoms. The number of ether oxygens (including phenoxy) is 3. The third-order valence-corrected chi connectivity index (χ3v) is 8.17. The van der Waals surface area contributed by atoms with Gasteiger partial charge in [-0.2, -0.15) is 0 Å². The minimum absolute atomic E-state index is 0.0251. The molecule has 3 atom stereocenters. The predicted octanol–water partition coefficient (Wildman–Crippen LogP) is 1.45. The van der Waals surface area contributed by atoms with E-state index >= 15 is 0 Å². The molecule has 204 valence electrons. The molecule has 13 nitrogen and oxygen atoms in total. The zero-order valence-corrected chi connectivity index (χ0v) is 21.6. The van der Waals surface area contributed by atoms with Crippen molar-refractivity contribution in [1.82, 2.24) is 24.7 Å². The summed E-state index contributed by atoms with van der Waals surface area (Å²) >= 11 is 0. The Hall–Kier alpha value is -3.56. The highest BCUT2D eigenvalue weighted by atomic mass is 32.2. The van der Waals surface area contributed by atoms with Gasteiger partial charge in [-0.25, -0.2) is 22.8 Å². The number of halogens is 1. The van der Waals surface area contributed by atoms with Crippen LogP contribution < -0.4 is 19.1 Å². The standard InChI is InChI=1S/C23H28FN7O6S/c1-35-17-5-3-6-18(36-2)20(17)31-21(19-7-4-8-37-19)27-28-23(31)29-38(33,34)16-9-15(32)12-30(13-16)22-25-10-14(24)11-26-22/h3,5-6,10-11,15-16,19,32H,4,7-9,12-13H2,1-2H3,(H,28,29)/t15-,16+,19-/m0/s1. The number of aliphatic hydroxyl groups is 1. The van der Waals surface area contributed by atoms with Gasteiger partial charge in [-0.3, -0.25) is 9.29 Å². The highest BCUT2D eigenvalue weighted by Crippen LogP contribution is 2.39. The van der Waals surface area contributed by atoms with E-state index in [0.29, 0.717) is 36.0 Å². The number of benzene rings is 1. The van der Waals surface area contributed by atoms with Crippen LogP contribution in [0.5, 0.6) is 11.5 Å². The molecule has 2 fully saturated rings. The summed E-state index contributed by atoms with van der Waals surface area (Å²) in [5, 5.41) is 17.8. The smallest absolute Gasteiger partial charge is 0.243 e. The summed E-state index contributed by atoms with van der Waals surface area (Å²) in [6, 6.07) is 5.18. The molecule has 0 bridgehead atoms. The molecular formula is C23H28FN7O6S. The summed E-state index contributed by atoms with van der Waals surface area (Å²) in [6.45, 7) is 0.626. The Bertz CT molecular complexity index is 1360. The van der Waals surface area contributed by atoms with Crippen LogP contribution in [0.2, 0.25) is 0 Å². The number of β-amino-alcohol motifs (C(OH)–C–C–N with tert-alkyl or cyclic N) is 1. The summed E-state index contributed by atoms with van der Waals surface area (Å²) in [4.78, 5) is 9.35. The molecule has 5 rings (SSSR count). The number of nitrogens with one attached hydrogen (secondary N) is 1. The summed E-state index contributed by atoms with van der Waals surface area (Å²) < 4.78 is 61.6. The van der Waals surface area contributed by atoms with Crippen LogP contribution in [0.1, 0.15) is 31.2 Å². The fourth-order valence-electron chi connectivity index (χ4n) is 4.72. The SMILES string of the molecule is COc1cccc(OC)c1-n1c(NS(=O)(=O)[C@@H]2C[C@H](O)CN(c3ncc(F)cn3)C2)nnc1[C@@H]1CCCO1. The van der Waals surface area contributed by atoms with Crippen molar-refractivity contribution in [2.75, 3.05) is 43.5 Å². The van der Waals surface area contributed by atoms with Gasteiger partial charge < -0.3 is 24.2 Å². The molecule has 2 saturated heterocycles. The Morgan fingerprint density at radius 1 is 1.13 bits per heavy atom. The zero-order chi connectivity index (χ0) is 26.9. The van der Waals surface area contributed by atoms with Crippen molar-refractivity contribution in [3.63, 3.8) is 0 Å². The van der Waals surface area contributed by atoms with Gasteiger partial charge in [0.25, 0.3) is 0 Å². The van der Waals surface area contributed by atoms with E-state index in [9.17, 15) is 17.9 Å². The number of hydrogen-bond donors (Lipinski definition) is 2. The van der Waals surface area contributed by atoms with Gasteiger partial charge in [0, 0.05) is 19.7 Å². The first-order chi connectivity index (χ1) is 18.3. The van der Waals surface area contributed by atoms with Crippen LogP contribution in [0, 0.1) is 5.82 Å². The molecule has 2 aliphatic rings. The van der Waals surface area contributed by atoms with Crippen molar-refractivity contribution in [2.45, 2.75) is 36.7 Å². The van der Waals surface area contributed by atoms with Crippen LogP contribution in [-0.2, 0) is 14.8 Å². The Balaban J connectivity index is 1.51. The van der Waals surface area contributed by atoms with E-state index in [0.717, 1.165) is 18.8 Å². The molecule has 0 radical (unpaired) electrons. The monoisotopic (exact) mass is 549 g/mol. The third-order valence-electron chi connectivity index (χ3n) is 6.48. The first kappa shape index (κ1) is 26.1. The molecule has 0 unspecified atom stereocenters. The number of sulfonamides is 1. The molecule has 4 heterocycles. The number of para-hydroxylation sites is 1. The number of aromatic nitrogens is 5. The number of methoxy groups -OCH3 is 2. The number of rotatable bonds is 8. The number of aliphatic hydroxyl groups excluding tert-OH is 1. The van der Waals surface area contributed by atoms with Crippen molar-refractivity contribution in [1.29, 1.82) is 0 Å². The molecule has 0 spiro atoms. The zero-order valence-electron chi connectivity index (χ0n) is 20.8. The van der Waals surface area contributed by atoms with E-state index in [1.165, 1.54) is 23.7 Å². The highest BCUT2D eigenvalue weighted by molar-refractivity contribution is 7.93. The van der Waals surface area contributed by atoms with Crippen LogP contribution in [0.15, 0.2) is 30.6 Å². The predicted molar refractivity (Wildman–Crippen MR) is 134 cm³/mol. The summed E-state index contributed by atoms with van der Waals surface area (Å²) in [6.07, 6.45) is 2.07. The van der Waals surface area contributed by atoms with Gasteiger partial charge in [0.05, 0.1) is 32.7 Å². The van der Waals surface area contributed by atoms with Gasteiger partial charge in [0.1, 0.15) is 28.5 Å². The van der Waals surface area contributed by atoms with Gasteiger partial charge >= 0.3 is 0 Å². The molecule has 2 aromatic heterocycles. The maximum atomic E-state index is 13.6. The quantitative estimate of drug-likeness (QED) is 0.420. The lowest BCUT2D eigenvalue weighted by molar-refractivity contribution is 0.103. The first-order valence-corrected chi connectivity index (χ1v) is 13.6. The average molecular weight is 550 g/mol. The van der Waals surface area contributed by atoms with Crippen molar-refractivity contribution < 1.29 is 32.1 Å². The molecular weight excluding hydrogens is 521 g/mol. The minimum atomic E-state index is -4.13. The molecule has 3 aromatic rings. The fourth-order valence-corrected chi connectivity index (χ4v) is 6.12. The first-order valence-electron chi connectivity index (χ1n) is 12.0. The third kappa shape index (κ3) is 5.08. The molecule has 0 saturated carbocycles. The fraction of sp³-hybridized carbons (Fsp3) is 0.478. The lowest BCUT2D eigenvalue weighted by Gasteiger charge is -2.35. The number of piperidine rings is 1. The van der Waals surface area contributed by atoms with E-state index in [2.05, 4.69) is 24.9 Å². The Morgan fingerprint density at radius 3 is 2.47 bits per heavy atom. The van der Waals surface area contributed by atoms with Crippen LogP contribution in [-0.4, -0.2) is 83.5 Å². The van der Waals surface area contributed by atoms with Gasteiger partial charge in [0.2, 0.25) is 21.9 Å². The second-order valence-corrected chi connectivity index (χ2v) is 11.0. The van der Waals surface area contributed by atoms with E-state index in [1.807, 2.05) is 0 Å². The Labute approximate surface area is 218 Å². The van der Waals surface area contributed by atoms with Crippen LogP contribution in [0.25, 0.3) is 5.69 Å². The molecule has 15 heteroatoms. The molecule has 0 aliphatic carbocycles. The van der Waals surface area contributed by atoms with Gasteiger partial charge in [0.15, 0.2) is 11.6 Å². The molecule has 0 amide bonds. The minimum Gasteiger partial charge on any atom is -0.494 e. The molecule has 2 aliphatic heterocycles. The average Bonchev–Trinajstić information content (AvgIpc) is 3.58. The van der Waals surface area contributed by atoms with E-state index in [1.54, 1.807) is 18.2 Å². The number of hydrogen-bond acceptors (Lipinski definition) is 11. The van der Waals surface area contributed by atoms with Crippen molar-refractivity contribution in [3.8, 4) is 17.2 Å². The lowest BCUT2D eigenvalue weighted by Crippen LogP contribution is -2.50. The van der Waals surface area contributed by atoms with Crippen molar-refractivity contribution in [3.05, 3.63) is 42.2 Å². The van der Waals surface area contributed by atoms with Crippen LogP contribution in [0.3, 0.4) is 0 Å². The topological polar surface area (TPSA) is 154 Å². The normalized spacial score (nSPS) is 21.9. The second-order valence-electron chi connectivity index (χ2n) is 8.99. The maximum Gasteiger partial charge on any atom is 0.243 e. The van der Waals surface area contributed by atoms with Crippen molar-refractivity contribution >= 4 is 21.9 Å². The highest BCUT2D eigenvalue weighted by Gasteiger charge is 2.38. The summed E-state index contributed by atoms with van der Waals surface area (Å²) in [5.74, 6) is 0.641. The largest absolute Gasteiger partial charge is 0.494 e. The van der Waals surface area contributed by atoms with Crippen LogP contribution in [0.4, 0.5) is 16.3 Å². The van der Waals surface area contributed by atoms with Gasteiger partial charge in [-0.15, -0.1) is 10.2 Å². The van der Waals surface area contributed by atoms with Crippen molar-refractivity contribution in [2.24, 2.45) is 0 Å². The molecule has 1 aromatic carbocycles. The maximum absolute atomic E-state index is 13.6. The lowest BCUT2D eigenvalue weighted by atomic mass is 10.1. The Kier molecular flexibility index (Phi) is 7.32. The van der Waals surface area contributed by atoms with Crippen LogP contribution >= 0.6 is 0 Å². The van der Waals surface area contributed by atoms with E-state index < -0.39 is 33.3 Å². The number of anilines is 2. The second kappa shape index (κ2) is 10.7. The van der Waals surface area contributed by atoms with E-state index in [4.69, 9.17) is 14.2 Å². The summed E-state index contributed by atoms with van der Waals surface area (Å²) in [7, 11) is -1.14. The van der Waals surface area contributed by atoms with Gasteiger partial charge in [-0.1, -0.05) is 6.07 Å². The Morgan fingerprint density at radius 2 is 1.84 bits per heavy atom. The van der Waals surface area contributed by atoms with Gasteiger partial charge in [-0.05, 0) is 31.4 Å². The summed E-state index contributed by atoms with van der Waals surface area (Å²) in [5.41, 5.74) is 0.413.